The van der Waals surface area contributed by atoms with Crippen molar-refractivity contribution < 1.29 is 31.1 Å². The van der Waals surface area contributed by atoms with E-state index in [4.69, 9.17) is 0 Å². The molecule has 1 saturated heterocycles. The summed E-state index contributed by atoms with van der Waals surface area (Å²) in [5.74, 6) is -6.32. The van der Waals surface area contributed by atoms with E-state index in [-0.39, 0.29) is 29.7 Å². The Kier molecular flexibility index (Phi) is 6.62. The van der Waals surface area contributed by atoms with E-state index in [1.54, 1.807) is 13.1 Å². The number of hydrogen-bond donors (Lipinski definition) is 1. The molecule has 0 aromatic carbocycles. The summed E-state index contributed by atoms with van der Waals surface area (Å²) in [5.41, 5.74) is -1.16. The molecule has 1 amide bonds. The predicted octanol–water partition coefficient (Wildman–Crippen LogP) is 4.03. The predicted molar refractivity (Wildman–Crippen MR) is 115 cm³/mol. The number of nitrogens with one attached hydrogen (secondary N) is 1. The Morgan fingerprint density at radius 3 is 2.56 bits per heavy atom. The standard InChI is InChI=1S/C22H21F6N7O/c1-12-7-21(24,25)11-35(16(12)9-32-19-15(23)6-13(8-31-19)22(26,27)28)20(36)17-14(10-34(2)33-17)18-29-4-3-5-30-18/h3-6,8,10,12,16H,7,9,11H2,1-2H3,(H,31,32)/t12-,16?/m1/s1. The molecule has 8 nitrogen and oxygen atoms in total. The second-order valence-corrected chi connectivity index (χ2v) is 8.61. The molecule has 36 heavy (non-hydrogen) atoms. The summed E-state index contributed by atoms with van der Waals surface area (Å²) in [6, 6.07) is 0.994. The Bertz CT molecular complexity index is 1250. The highest BCUT2D eigenvalue weighted by Crippen LogP contribution is 2.36. The number of aryl methyl sites for hydroxylation is 1. The van der Waals surface area contributed by atoms with Gasteiger partial charge in [-0.15, -0.1) is 0 Å². The van der Waals surface area contributed by atoms with Crippen LogP contribution in [0.1, 0.15) is 29.4 Å². The average Bonchev–Trinajstić information content (AvgIpc) is 3.19. The summed E-state index contributed by atoms with van der Waals surface area (Å²) in [6.45, 7) is 0.356. The van der Waals surface area contributed by atoms with Gasteiger partial charge in [-0.05, 0) is 18.1 Å². The minimum Gasteiger partial charge on any atom is -0.366 e. The van der Waals surface area contributed by atoms with E-state index >= 15 is 0 Å². The van der Waals surface area contributed by atoms with E-state index in [0.717, 1.165) is 4.90 Å². The third-order valence-corrected chi connectivity index (χ3v) is 5.83. The molecule has 4 heterocycles. The van der Waals surface area contributed by atoms with Crippen molar-refractivity contribution in [3.05, 3.63) is 54.0 Å². The lowest BCUT2D eigenvalue weighted by Crippen LogP contribution is -2.57. The van der Waals surface area contributed by atoms with Crippen LogP contribution in [0.15, 0.2) is 36.9 Å². The molecule has 0 spiro atoms. The van der Waals surface area contributed by atoms with E-state index in [2.05, 4.69) is 25.4 Å². The van der Waals surface area contributed by atoms with Crippen molar-refractivity contribution in [2.24, 2.45) is 13.0 Å². The molecule has 0 bridgehead atoms. The third kappa shape index (κ3) is 5.26. The normalized spacial score (nSPS) is 19.8. The van der Waals surface area contributed by atoms with Crippen LogP contribution in [0.25, 0.3) is 11.4 Å². The van der Waals surface area contributed by atoms with Crippen molar-refractivity contribution in [1.82, 2.24) is 29.6 Å². The minimum absolute atomic E-state index is 0.141. The van der Waals surface area contributed by atoms with Crippen LogP contribution in [-0.4, -0.2) is 60.6 Å². The minimum atomic E-state index is -4.78. The van der Waals surface area contributed by atoms with E-state index in [1.165, 1.54) is 30.2 Å². The molecule has 14 heteroatoms. The number of likely N-dealkylation sites (tertiary alicyclic amines) is 1. The molecule has 1 aliphatic heterocycles. The van der Waals surface area contributed by atoms with E-state index in [0.29, 0.717) is 6.20 Å². The number of aromatic nitrogens is 5. The maximum atomic E-state index is 14.5. The SMILES string of the molecule is C[C@@H]1CC(F)(F)CN(C(=O)c2nn(C)cc2-c2ncccn2)C1CNc1ncc(C(F)(F)F)cc1F. The number of piperidine rings is 1. The van der Waals surface area contributed by atoms with E-state index in [1.807, 2.05) is 0 Å². The first-order valence-electron chi connectivity index (χ1n) is 10.8. The Hall–Kier alpha value is -3.71. The molecule has 192 valence electrons. The molecular weight excluding hydrogens is 492 g/mol. The smallest absolute Gasteiger partial charge is 0.366 e. The van der Waals surface area contributed by atoms with Crippen LogP contribution in [0.4, 0.5) is 32.2 Å². The molecule has 1 N–H and O–H groups in total. The van der Waals surface area contributed by atoms with Crippen LogP contribution in [0.5, 0.6) is 0 Å². The number of carbonyl (C=O) groups excluding carboxylic acids is 1. The van der Waals surface area contributed by atoms with Crippen LogP contribution >= 0.6 is 0 Å². The fourth-order valence-corrected chi connectivity index (χ4v) is 4.19. The number of carbonyl (C=O) groups is 1. The Morgan fingerprint density at radius 1 is 1.22 bits per heavy atom. The number of pyridine rings is 1. The molecule has 2 atom stereocenters. The van der Waals surface area contributed by atoms with E-state index < -0.39 is 60.1 Å². The van der Waals surface area contributed by atoms with E-state index in [9.17, 15) is 31.1 Å². The van der Waals surface area contributed by atoms with Crippen molar-refractivity contribution in [1.29, 1.82) is 0 Å². The molecule has 3 aromatic heterocycles. The van der Waals surface area contributed by atoms with Crippen molar-refractivity contribution in [2.45, 2.75) is 31.5 Å². The lowest BCUT2D eigenvalue weighted by molar-refractivity contribution is -0.138. The van der Waals surface area contributed by atoms with Gasteiger partial charge in [0.05, 0.1) is 23.7 Å². The van der Waals surface area contributed by atoms with Crippen LogP contribution in [0.2, 0.25) is 0 Å². The largest absolute Gasteiger partial charge is 0.417 e. The van der Waals surface area contributed by atoms with Crippen molar-refractivity contribution in [2.75, 3.05) is 18.4 Å². The van der Waals surface area contributed by atoms with Crippen LogP contribution in [0, 0.1) is 11.7 Å². The number of amides is 1. The first kappa shape index (κ1) is 25.4. The summed E-state index contributed by atoms with van der Waals surface area (Å²) < 4.78 is 83.0. The summed E-state index contributed by atoms with van der Waals surface area (Å²) in [6.07, 6.45) is -0.446. The maximum absolute atomic E-state index is 14.5. The maximum Gasteiger partial charge on any atom is 0.417 e. The zero-order chi connectivity index (χ0) is 26.3. The molecule has 3 aromatic rings. The molecular formula is C22H21F6N7O. The van der Waals surface area contributed by atoms with Gasteiger partial charge < -0.3 is 10.2 Å². The number of anilines is 1. The van der Waals surface area contributed by atoms with Crippen LogP contribution in [0.3, 0.4) is 0 Å². The van der Waals surface area contributed by atoms with Gasteiger partial charge in [0.1, 0.15) is 0 Å². The molecule has 0 aliphatic carbocycles. The molecule has 1 aliphatic rings. The Balaban J connectivity index is 1.62. The van der Waals surface area contributed by atoms with Gasteiger partial charge in [-0.25, -0.2) is 28.1 Å². The monoisotopic (exact) mass is 513 g/mol. The van der Waals surface area contributed by atoms with Gasteiger partial charge in [-0.2, -0.15) is 18.3 Å². The number of alkyl halides is 5. The number of halogens is 6. The lowest BCUT2D eigenvalue weighted by Gasteiger charge is -2.43. The summed E-state index contributed by atoms with van der Waals surface area (Å²) >= 11 is 0. The van der Waals surface area contributed by atoms with Crippen molar-refractivity contribution >= 4 is 11.7 Å². The van der Waals surface area contributed by atoms with Gasteiger partial charge in [-0.3, -0.25) is 9.48 Å². The summed E-state index contributed by atoms with van der Waals surface area (Å²) in [7, 11) is 1.55. The number of rotatable bonds is 5. The second kappa shape index (κ2) is 9.39. The molecule has 1 fully saturated rings. The zero-order valence-corrected chi connectivity index (χ0v) is 19.1. The highest BCUT2D eigenvalue weighted by Gasteiger charge is 2.47. The molecule has 0 saturated carbocycles. The van der Waals surface area contributed by atoms with Crippen molar-refractivity contribution in [3.63, 3.8) is 0 Å². The highest BCUT2D eigenvalue weighted by atomic mass is 19.4. The molecule has 0 radical (unpaired) electrons. The zero-order valence-electron chi connectivity index (χ0n) is 19.1. The first-order chi connectivity index (χ1) is 16.9. The number of nitrogens with zero attached hydrogens (tertiary/aromatic N) is 6. The second-order valence-electron chi connectivity index (χ2n) is 8.61. The van der Waals surface area contributed by atoms with Crippen molar-refractivity contribution in [3.8, 4) is 11.4 Å². The molecule has 1 unspecified atom stereocenters. The fraction of sp³-hybridized carbons (Fsp3) is 0.409. The fourth-order valence-electron chi connectivity index (χ4n) is 4.19. The summed E-state index contributed by atoms with van der Waals surface area (Å²) in [4.78, 5) is 26.1. The van der Waals surface area contributed by atoms with Gasteiger partial charge in [0.15, 0.2) is 23.2 Å². The van der Waals surface area contributed by atoms with Crippen LogP contribution < -0.4 is 5.32 Å². The average molecular weight is 513 g/mol. The Morgan fingerprint density at radius 2 is 1.92 bits per heavy atom. The quantitative estimate of drug-likeness (QED) is 0.519. The Labute approximate surface area is 201 Å². The van der Waals surface area contributed by atoms with Crippen LogP contribution in [-0.2, 0) is 13.2 Å². The highest BCUT2D eigenvalue weighted by molar-refractivity contribution is 5.98. The topological polar surface area (TPSA) is 88.8 Å². The van der Waals surface area contributed by atoms with Gasteiger partial charge >= 0.3 is 6.18 Å². The first-order valence-corrected chi connectivity index (χ1v) is 10.8. The summed E-state index contributed by atoms with van der Waals surface area (Å²) in [5, 5.41) is 6.70. The van der Waals surface area contributed by atoms with Gasteiger partial charge in [0.25, 0.3) is 11.8 Å². The lowest BCUT2D eigenvalue weighted by atomic mass is 9.88. The number of hydrogen-bond acceptors (Lipinski definition) is 6. The third-order valence-electron chi connectivity index (χ3n) is 5.83. The van der Waals surface area contributed by atoms with Gasteiger partial charge in [0.2, 0.25) is 0 Å². The van der Waals surface area contributed by atoms with Gasteiger partial charge in [-0.1, -0.05) is 6.92 Å². The van der Waals surface area contributed by atoms with Gasteiger partial charge in [0, 0.05) is 44.8 Å². The molecule has 4 rings (SSSR count).